The molecule has 4 N–H and O–H groups in total. The van der Waals surface area contributed by atoms with Crippen LogP contribution in [0.1, 0.15) is 57.6 Å². The van der Waals surface area contributed by atoms with Crippen LogP contribution in [0.5, 0.6) is 11.5 Å². The lowest BCUT2D eigenvalue weighted by Gasteiger charge is -2.30. The number of hydrogen-bond donors (Lipinski definition) is 4. The summed E-state index contributed by atoms with van der Waals surface area (Å²) in [4.78, 5) is 24.1. The molecule has 0 bridgehead atoms. The fraction of sp³-hybridized carbons (Fsp3) is 0.429. The number of hydrogen-bond acceptors (Lipinski definition) is 8. The van der Waals surface area contributed by atoms with Gasteiger partial charge in [0.25, 0.3) is 5.91 Å². The van der Waals surface area contributed by atoms with Crippen molar-refractivity contribution < 1.29 is 24.2 Å². The Bertz CT molecular complexity index is 1170. The second kappa shape index (κ2) is 13.6. The zero-order valence-corrected chi connectivity index (χ0v) is 22.0. The van der Waals surface area contributed by atoms with Gasteiger partial charge < -0.3 is 19.9 Å². The summed E-state index contributed by atoms with van der Waals surface area (Å²) in [7, 11) is 0. The van der Waals surface area contributed by atoms with E-state index in [4.69, 9.17) is 14.7 Å². The second-order valence-electron chi connectivity index (χ2n) is 9.64. The average Bonchev–Trinajstić information content (AvgIpc) is 2.91. The lowest BCUT2D eigenvalue weighted by atomic mass is 10.0. The van der Waals surface area contributed by atoms with Crippen LogP contribution < -0.4 is 25.5 Å². The highest BCUT2D eigenvalue weighted by Crippen LogP contribution is 2.19. The van der Waals surface area contributed by atoms with E-state index >= 15 is 0 Å². The molecule has 1 aliphatic rings. The normalized spacial score (nSPS) is 14.9. The van der Waals surface area contributed by atoms with Gasteiger partial charge >= 0.3 is 0 Å². The molecule has 1 aliphatic heterocycles. The molecule has 0 saturated carbocycles. The van der Waals surface area contributed by atoms with Crippen LogP contribution in [-0.2, 0) is 9.59 Å². The molecule has 0 saturated heterocycles. The first-order chi connectivity index (χ1) is 18.2. The van der Waals surface area contributed by atoms with Crippen LogP contribution in [0.4, 0.5) is 0 Å². The SMILES string of the molecule is CCC(Oc1ccc(C2=NNC(=O)CC2)cc1)C(=O)NCC(C)(C)N[C@@H](O)CCOc1ccccc1C#N. The van der Waals surface area contributed by atoms with Crippen molar-refractivity contribution in [2.24, 2.45) is 5.10 Å². The molecular formula is C28H35N5O5. The molecule has 2 aromatic rings. The third-order valence-corrected chi connectivity index (χ3v) is 5.95. The highest BCUT2D eigenvalue weighted by Gasteiger charge is 2.25. The van der Waals surface area contributed by atoms with Crippen molar-refractivity contribution in [2.75, 3.05) is 13.2 Å². The fourth-order valence-electron chi connectivity index (χ4n) is 3.86. The molecule has 0 radical (unpaired) electrons. The number of aliphatic hydroxyl groups is 1. The molecule has 10 heteroatoms. The molecule has 3 rings (SSSR count). The molecule has 10 nitrogen and oxygen atoms in total. The van der Waals surface area contributed by atoms with Gasteiger partial charge in [-0.05, 0) is 62.2 Å². The van der Waals surface area contributed by atoms with Crippen LogP contribution in [0.25, 0.3) is 0 Å². The van der Waals surface area contributed by atoms with E-state index in [0.29, 0.717) is 42.7 Å². The molecule has 0 spiro atoms. The van der Waals surface area contributed by atoms with Crippen LogP contribution >= 0.6 is 0 Å². The molecule has 0 aliphatic carbocycles. The average molecular weight is 522 g/mol. The highest BCUT2D eigenvalue weighted by atomic mass is 16.5. The van der Waals surface area contributed by atoms with Crippen molar-refractivity contribution in [3.63, 3.8) is 0 Å². The molecule has 1 unspecified atom stereocenters. The van der Waals surface area contributed by atoms with Crippen molar-refractivity contribution >= 4 is 17.5 Å². The summed E-state index contributed by atoms with van der Waals surface area (Å²) < 4.78 is 11.5. The summed E-state index contributed by atoms with van der Waals surface area (Å²) in [5, 5.41) is 29.6. The number of ether oxygens (including phenoxy) is 2. The van der Waals surface area contributed by atoms with Crippen LogP contribution in [0.15, 0.2) is 53.6 Å². The maximum absolute atomic E-state index is 12.8. The second-order valence-corrected chi connectivity index (χ2v) is 9.64. The Hall–Kier alpha value is -3.94. The molecule has 2 atom stereocenters. The zero-order valence-electron chi connectivity index (χ0n) is 22.0. The molecule has 38 heavy (non-hydrogen) atoms. The topological polar surface area (TPSA) is 145 Å². The van der Waals surface area contributed by atoms with E-state index in [0.717, 1.165) is 11.3 Å². The lowest BCUT2D eigenvalue weighted by Crippen LogP contribution is -2.54. The third kappa shape index (κ3) is 8.57. The van der Waals surface area contributed by atoms with E-state index in [2.05, 4.69) is 27.2 Å². The number of aliphatic hydroxyl groups excluding tert-OH is 1. The molecular weight excluding hydrogens is 486 g/mol. The number of hydrazone groups is 1. The number of benzene rings is 2. The zero-order chi connectivity index (χ0) is 27.5. The van der Waals surface area contributed by atoms with Gasteiger partial charge in [0.2, 0.25) is 5.91 Å². The molecule has 0 fully saturated rings. The lowest BCUT2D eigenvalue weighted by molar-refractivity contribution is -0.128. The molecule has 1 heterocycles. The smallest absolute Gasteiger partial charge is 0.261 e. The number of nitrogens with zero attached hydrogens (tertiary/aromatic N) is 2. The summed E-state index contributed by atoms with van der Waals surface area (Å²) >= 11 is 0. The molecule has 2 amide bonds. The predicted molar refractivity (Wildman–Crippen MR) is 143 cm³/mol. The van der Waals surface area contributed by atoms with Gasteiger partial charge in [-0.2, -0.15) is 10.4 Å². The highest BCUT2D eigenvalue weighted by molar-refractivity contribution is 6.04. The van der Waals surface area contributed by atoms with Crippen molar-refractivity contribution in [3.05, 3.63) is 59.7 Å². The Morgan fingerprint density at radius 3 is 2.61 bits per heavy atom. The molecule has 202 valence electrons. The third-order valence-electron chi connectivity index (χ3n) is 5.95. The summed E-state index contributed by atoms with van der Waals surface area (Å²) in [6.45, 7) is 6.11. The quantitative estimate of drug-likeness (QED) is 0.297. The van der Waals surface area contributed by atoms with Crippen molar-refractivity contribution in [1.29, 1.82) is 5.26 Å². The minimum absolute atomic E-state index is 0.0921. The van der Waals surface area contributed by atoms with E-state index in [1.165, 1.54) is 0 Å². The number of carbonyl (C=O) groups is 2. The molecule has 0 aromatic heterocycles. The number of amides is 2. The van der Waals surface area contributed by atoms with Crippen LogP contribution in [-0.4, -0.2) is 53.7 Å². The van der Waals surface area contributed by atoms with E-state index in [1.54, 1.807) is 36.4 Å². The Kier molecular flexibility index (Phi) is 10.2. The Balaban J connectivity index is 1.44. The van der Waals surface area contributed by atoms with Gasteiger partial charge in [0.05, 0.1) is 17.9 Å². The van der Waals surface area contributed by atoms with Gasteiger partial charge in [-0.25, -0.2) is 5.43 Å². The van der Waals surface area contributed by atoms with E-state index < -0.39 is 17.9 Å². The minimum Gasteiger partial charge on any atom is -0.492 e. The maximum atomic E-state index is 12.8. The van der Waals surface area contributed by atoms with Gasteiger partial charge in [0, 0.05) is 31.3 Å². The fourth-order valence-corrected chi connectivity index (χ4v) is 3.86. The van der Waals surface area contributed by atoms with Crippen LogP contribution in [0.3, 0.4) is 0 Å². The first-order valence-corrected chi connectivity index (χ1v) is 12.7. The van der Waals surface area contributed by atoms with Crippen LogP contribution in [0.2, 0.25) is 0 Å². The molecule has 2 aromatic carbocycles. The van der Waals surface area contributed by atoms with Crippen LogP contribution in [0, 0.1) is 11.3 Å². The van der Waals surface area contributed by atoms with Gasteiger partial charge in [0.1, 0.15) is 23.8 Å². The van der Waals surface area contributed by atoms with Gasteiger partial charge in [-0.15, -0.1) is 0 Å². The number of nitriles is 1. The Labute approximate surface area is 223 Å². The number of nitrogens with one attached hydrogen (secondary N) is 3. The van der Waals surface area contributed by atoms with Gasteiger partial charge in [0.15, 0.2) is 6.10 Å². The number of para-hydroxylation sites is 1. The van der Waals surface area contributed by atoms with Crippen molar-refractivity contribution in [1.82, 2.24) is 16.1 Å². The maximum Gasteiger partial charge on any atom is 0.261 e. The number of carbonyl (C=O) groups excluding carboxylic acids is 2. The van der Waals surface area contributed by atoms with Crippen molar-refractivity contribution in [2.45, 2.75) is 64.3 Å². The van der Waals surface area contributed by atoms with Gasteiger partial charge in [-0.1, -0.05) is 19.1 Å². The Morgan fingerprint density at radius 1 is 1.21 bits per heavy atom. The monoisotopic (exact) mass is 521 g/mol. The standard InChI is InChI=1S/C28H35N5O5/c1-4-23(38-21-11-9-19(10-12-21)22-13-14-26(35)33-32-22)27(36)30-18-28(2,3)31-25(34)15-16-37-24-8-6-5-7-20(24)17-29/h5-12,23,25,31,34H,4,13-16,18H2,1-3H3,(H,30,36)(H,33,35)/t23?,25-/m0/s1. The summed E-state index contributed by atoms with van der Waals surface area (Å²) in [6.07, 6.45) is 0.211. The minimum atomic E-state index is -0.866. The first-order valence-electron chi connectivity index (χ1n) is 12.7. The first kappa shape index (κ1) is 28.6. The number of rotatable bonds is 13. The summed E-state index contributed by atoms with van der Waals surface area (Å²) in [6, 6.07) is 16.3. The Morgan fingerprint density at radius 2 is 1.95 bits per heavy atom. The summed E-state index contributed by atoms with van der Waals surface area (Å²) in [5.74, 6) is 0.689. The van der Waals surface area contributed by atoms with Crippen molar-refractivity contribution in [3.8, 4) is 17.6 Å². The van der Waals surface area contributed by atoms with E-state index in [1.807, 2.05) is 32.9 Å². The predicted octanol–water partition coefficient (Wildman–Crippen LogP) is 2.60. The largest absolute Gasteiger partial charge is 0.492 e. The van der Waals surface area contributed by atoms with E-state index in [9.17, 15) is 14.7 Å². The summed E-state index contributed by atoms with van der Waals surface area (Å²) in [5.41, 5.74) is 4.02. The van der Waals surface area contributed by atoms with E-state index in [-0.39, 0.29) is 25.0 Å². The van der Waals surface area contributed by atoms with Gasteiger partial charge in [-0.3, -0.25) is 14.9 Å².